The van der Waals surface area contributed by atoms with Crippen LogP contribution in [0, 0.1) is 0 Å². The van der Waals surface area contributed by atoms with Crippen LogP contribution >= 0.6 is 0 Å². The Labute approximate surface area is 243 Å². The molecule has 0 N–H and O–H groups in total. The molecule has 0 amide bonds. The van der Waals surface area contributed by atoms with Gasteiger partial charge < -0.3 is 0 Å². The molecule has 0 aromatic heterocycles. The number of fused-ring (bicyclic) bond motifs is 4. The van der Waals surface area contributed by atoms with Crippen LogP contribution in [0.25, 0.3) is 54.2 Å². The fraction of sp³-hybridized carbons (Fsp3) is 0.150. The Balaban J connectivity index is 1.59. The topological polar surface area (TPSA) is 0 Å². The summed E-state index contributed by atoms with van der Waals surface area (Å²) in [6, 6.07) is 49.6. The zero-order chi connectivity index (χ0) is 27.8. The van der Waals surface area contributed by atoms with E-state index in [2.05, 4.69) is 147 Å². The molecule has 0 aliphatic carbocycles. The van der Waals surface area contributed by atoms with Crippen molar-refractivity contribution in [2.75, 3.05) is 0 Å². The first-order valence-corrected chi connectivity index (χ1v) is 15.1. The van der Waals surface area contributed by atoms with Gasteiger partial charge in [0.25, 0.3) is 0 Å². The van der Waals surface area contributed by atoms with E-state index < -0.39 is 0 Å². The highest BCUT2D eigenvalue weighted by Crippen LogP contribution is 2.46. The van der Waals surface area contributed by atoms with Crippen molar-refractivity contribution in [3.05, 3.63) is 139 Å². The standard InChI is InChI=1S/C40H35B/c1-3-26-40(4-2,41-39-31-20-10-8-18-29(31)27-30-19-9-11-21-32(30)39)38-35-24-14-12-22-33(35)37(28-16-6-5-7-17-28)34-23-13-15-25-36(34)38/h5-25,27,41H,3-4,26H2,1-2H3. The van der Waals surface area contributed by atoms with Crippen LogP contribution in [-0.4, -0.2) is 7.28 Å². The summed E-state index contributed by atoms with van der Waals surface area (Å²) in [6.07, 6.45) is 3.36. The molecule has 0 heterocycles. The van der Waals surface area contributed by atoms with Crippen molar-refractivity contribution in [2.45, 2.75) is 38.4 Å². The molecule has 0 spiro atoms. The molecule has 7 rings (SSSR count). The van der Waals surface area contributed by atoms with Gasteiger partial charge in [0, 0.05) is 0 Å². The van der Waals surface area contributed by atoms with Gasteiger partial charge in [0.05, 0.1) is 0 Å². The molecule has 0 bridgehead atoms. The Morgan fingerprint density at radius 2 is 0.976 bits per heavy atom. The highest BCUT2D eigenvalue weighted by molar-refractivity contribution is 6.64. The molecule has 0 saturated carbocycles. The molecule has 0 saturated heterocycles. The minimum absolute atomic E-state index is 0.0178. The smallest absolute Gasteiger partial charge is 0.0681 e. The predicted molar refractivity (Wildman–Crippen MR) is 182 cm³/mol. The van der Waals surface area contributed by atoms with Crippen molar-refractivity contribution >= 4 is 55.8 Å². The second-order valence-electron chi connectivity index (χ2n) is 11.6. The SMILES string of the molecule is CCCC(Bc1c2ccccc2cc2ccccc12)(CC)c1c2ccccc2c(-c2ccccc2)c2ccccc12. The van der Waals surface area contributed by atoms with E-state index in [0.717, 1.165) is 26.5 Å². The highest BCUT2D eigenvalue weighted by Gasteiger charge is 2.36. The van der Waals surface area contributed by atoms with E-state index in [9.17, 15) is 0 Å². The summed E-state index contributed by atoms with van der Waals surface area (Å²) in [7, 11) is 1.01. The maximum Gasteiger partial charge on any atom is 0.171 e. The van der Waals surface area contributed by atoms with Crippen LogP contribution in [0.15, 0.2) is 133 Å². The lowest BCUT2D eigenvalue weighted by Crippen LogP contribution is -2.40. The van der Waals surface area contributed by atoms with Crippen molar-refractivity contribution in [1.82, 2.24) is 0 Å². The lowest BCUT2D eigenvalue weighted by Gasteiger charge is -2.36. The summed E-state index contributed by atoms with van der Waals surface area (Å²) in [4.78, 5) is 0. The van der Waals surface area contributed by atoms with Crippen LogP contribution in [0.1, 0.15) is 38.7 Å². The van der Waals surface area contributed by atoms with E-state index in [4.69, 9.17) is 0 Å². The fourth-order valence-corrected chi connectivity index (χ4v) is 7.51. The average Bonchev–Trinajstić information content (AvgIpc) is 3.03. The maximum atomic E-state index is 2.41. The molecule has 7 aromatic carbocycles. The molecular formula is C40H35B. The largest absolute Gasteiger partial charge is 0.171 e. The lowest BCUT2D eigenvalue weighted by atomic mass is 9.42. The van der Waals surface area contributed by atoms with Gasteiger partial charge in [0.2, 0.25) is 0 Å². The van der Waals surface area contributed by atoms with Crippen molar-refractivity contribution in [3.8, 4) is 11.1 Å². The lowest BCUT2D eigenvalue weighted by molar-refractivity contribution is 0.530. The van der Waals surface area contributed by atoms with Crippen LogP contribution in [-0.2, 0) is 5.31 Å². The molecule has 0 fully saturated rings. The molecule has 198 valence electrons. The summed E-state index contributed by atoms with van der Waals surface area (Å²) >= 11 is 0. The average molecular weight is 527 g/mol. The van der Waals surface area contributed by atoms with Crippen molar-refractivity contribution < 1.29 is 0 Å². The zero-order valence-electron chi connectivity index (χ0n) is 24.0. The van der Waals surface area contributed by atoms with E-state index in [1.54, 1.807) is 0 Å². The monoisotopic (exact) mass is 526 g/mol. The molecule has 0 aliphatic heterocycles. The number of rotatable bonds is 7. The first-order chi connectivity index (χ1) is 20.2. The normalized spacial score (nSPS) is 13.1. The van der Waals surface area contributed by atoms with Gasteiger partial charge in [-0.1, -0.05) is 166 Å². The molecular weight excluding hydrogens is 491 g/mol. The first-order valence-electron chi connectivity index (χ1n) is 15.1. The van der Waals surface area contributed by atoms with Gasteiger partial charge in [-0.15, -0.1) is 0 Å². The molecule has 0 radical (unpaired) electrons. The van der Waals surface area contributed by atoms with E-state index in [1.165, 1.54) is 65.2 Å². The van der Waals surface area contributed by atoms with E-state index in [1.807, 2.05) is 0 Å². The molecule has 1 atom stereocenters. The number of hydrogen-bond donors (Lipinski definition) is 0. The molecule has 1 unspecified atom stereocenters. The Kier molecular flexibility index (Phi) is 6.60. The van der Waals surface area contributed by atoms with Crippen LogP contribution in [0.4, 0.5) is 0 Å². The highest BCUT2D eigenvalue weighted by atomic mass is 14.3. The van der Waals surface area contributed by atoms with Crippen molar-refractivity contribution in [2.24, 2.45) is 0 Å². The van der Waals surface area contributed by atoms with Gasteiger partial charge in [0.1, 0.15) is 0 Å². The van der Waals surface area contributed by atoms with Gasteiger partial charge in [-0.25, -0.2) is 0 Å². The van der Waals surface area contributed by atoms with E-state index in [0.29, 0.717) is 0 Å². The third kappa shape index (κ3) is 4.23. The second-order valence-corrected chi connectivity index (χ2v) is 11.6. The Bertz CT molecular complexity index is 1910. The minimum atomic E-state index is -0.0178. The number of hydrogen-bond acceptors (Lipinski definition) is 0. The zero-order valence-corrected chi connectivity index (χ0v) is 24.0. The predicted octanol–water partition coefficient (Wildman–Crippen LogP) is 10.1. The van der Waals surface area contributed by atoms with E-state index in [-0.39, 0.29) is 5.31 Å². The Hall–Kier alpha value is -4.36. The summed E-state index contributed by atoms with van der Waals surface area (Å²) in [5.74, 6) is 0. The Morgan fingerprint density at radius 3 is 1.49 bits per heavy atom. The second kappa shape index (κ2) is 10.6. The van der Waals surface area contributed by atoms with E-state index >= 15 is 0 Å². The maximum absolute atomic E-state index is 2.41. The summed E-state index contributed by atoms with van der Waals surface area (Å²) in [5, 5.41) is 10.9. The van der Waals surface area contributed by atoms with Crippen molar-refractivity contribution in [3.63, 3.8) is 0 Å². The molecule has 7 aromatic rings. The van der Waals surface area contributed by atoms with Crippen LogP contribution < -0.4 is 5.46 Å². The van der Waals surface area contributed by atoms with Gasteiger partial charge in [-0.3, -0.25) is 0 Å². The van der Waals surface area contributed by atoms with Crippen LogP contribution in [0.3, 0.4) is 0 Å². The van der Waals surface area contributed by atoms with Gasteiger partial charge in [-0.05, 0) is 71.2 Å². The van der Waals surface area contributed by atoms with Crippen LogP contribution in [0.5, 0.6) is 0 Å². The Morgan fingerprint density at radius 1 is 0.512 bits per heavy atom. The fourth-order valence-electron chi connectivity index (χ4n) is 7.51. The molecule has 0 nitrogen and oxygen atoms in total. The summed E-state index contributed by atoms with van der Waals surface area (Å²) < 4.78 is 0. The molecule has 41 heavy (non-hydrogen) atoms. The van der Waals surface area contributed by atoms with Crippen molar-refractivity contribution in [1.29, 1.82) is 0 Å². The summed E-state index contributed by atoms with van der Waals surface area (Å²) in [5.41, 5.74) is 5.63. The first kappa shape index (κ1) is 25.6. The summed E-state index contributed by atoms with van der Waals surface area (Å²) in [6.45, 7) is 4.77. The molecule has 1 heteroatoms. The van der Waals surface area contributed by atoms with Gasteiger partial charge in [0.15, 0.2) is 7.28 Å². The number of benzene rings is 7. The molecule has 0 aliphatic rings. The minimum Gasteiger partial charge on any atom is -0.0681 e. The third-order valence-corrected chi connectivity index (χ3v) is 9.33. The quantitative estimate of drug-likeness (QED) is 0.143. The third-order valence-electron chi connectivity index (χ3n) is 9.33. The van der Waals surface area contributed by atoms with Gasteiger partial charge >= 0.3 is 0 Å². The van der Waals surface area contributed by atoms with Gasteiger partial charge in [-0.2, -0.15) is 0 Å². The van der Waals surface area contributed by atoms with Crippen LogP contribution in [0.2, 0.25) is 0 Å².